The molecule has 3 aromatic carbocycles. The second kappa shape index (κ2) is 11.0. The number of para-hydroxylation sites is 1. The smallest absolute Gasteiger partial charge is 0.339 e. The number of rotatable bonds is 10. The molecule has 0 aliphatic carbocycles. The van der Waals surface area contributed by atoms with Gasteiger partial charge in [-0.15, -0.1) is 0 Å². The minimum absolute atomic E-state index is 0.00257. The number of aryl methyl sites for hydroxylation is 2. The van der Waals surface area contributed by atoms with Crippen molar-refractivity contribution in [2.45, 2.75) is 32.0 Å². The van der Waals surface area contributed by atoms with Crippen molar-refractivity contribution in [2.24, 2.45) is 0 Å². The van der Waals surface area contributed by atoms with Crippen LogP contribution in [0.2, 0.25) is 0 Å². The lowest BCUT2D eigenvalue weighted by atomic mass is 10.0. The molecular formula is C27H29NO6. The van der Waals surface area contributed by atoms with Crippen LogP contribution in [0.25, 0.3) is 0 Å². The highest BCUT2D eigenvalue weighted by atomic mass is 16.5. The number of fused-ring (bicyclic) bond motifs is 1. The zero-order valence-corrected chi connectivity index (χ0v) is 19.1. The number of aliphatic hydroxyl groups is 1. The van der Waals surface area contributed by atoms with Crippen LogP contribution in [-0.2, 0) is 6.42 Å². The maximum Gasteiger partial charge on any atom is 0.339 e. The highest BCUT2D eigenvalue weighted by Gasteiger charge is 2.21. The van der Waals surface area contributed by atoms with Crippen molar-refractivity contribution in [3.8, 4) is 23.0 Å². The summed E-state index contributed by atoms with van der Waals surface area (Å²) in [6, 6.07) is 20.1. The molecule has 0 saturated carbocycles. The van der Waals surface area contributed by atoms with Crippen molar-refractivity contribution in [1.82, 2.24) is 5.32 Å². The van der Waals surface area contributed by atoms with Crippen molar-refractivity contribution in [1.29, 1.82) is 0 Å². The molecule has 3 aromatic rings. The quantitative estimate of drug-likeness (QED) is 0.414. The lowest BCUT2D eigenvalue weighted by Gasteiger charge is -2.27. The van der Waals surface area contributed by atoms with Crippen molar-refractivity contribution >= 4 is 5.97 Å². The van der Waals surface area contributed by atoms with E-state index in [1.807, 2.05) is 55.5 Å². The highest BCUT2D eigenvalue weighted by molar-refractivity contribution is 5.91. The zero-order valence-electron chi connectivity index (χ0n) is 19.1. The fourth-order valence-electron chi connectivity index (χ4n) is 3.83. The first-order valence-electron chi connectivity index (χ1n) is 11.4. The molecule has 7 nitrogen and oxygen atoms in total. The number of benzene rings is 3. The van der Waals surface area contributed by atoms with Gasteiger partial charge >= 0.3 is 5.97 Å². The van der Waals surface area contributed by atoms with Gasteiger partial charge in [0.1, 0.15) is 47.4 Å². The van der Waals surface area contributed by atoms with Gasteiger partial charge in [-0.05, 0) is 67.8 Å². The number of carbonyl (C=O) groups is 1. The monoisotopic (exact) mass is 463 g/mol. The van der Waals surface area contributed by atoms with Crippen LogP contribution >= 0.6 is 0 Å². The third-order valence-electron chi connectivity index (χ3n) is 5.59. The van der Waals surface area contributed by atoms with Gasteiger partial charge in [-0.2, -0.15) is 0 Å². The Balaban J connectivity index is 1.26. The van der Waals surface area contributed by atoms with Gasteiger partial charge in [-0.25, -0.2) is 4.79 Å². The van der Waals surface area contributed by atoms with Gasteiger partial charge in [0.15, 0.2) is 0 Å². The number of carboxylic acids is 1. The molecule has 0 amide bonds. The van der Waals surface area contributed by atoms with E-state index in [-0.39, 0.29) is 18.3 Å². The minimum atomic E-state index is -1.02. The molecule has 178 valence electrons. The third-order valence-corrected chi connectivity index (χ3v) is 5.59. The molecule has 0 saturated heterocycles. The van der Waals surface area contributed by atoms with Gasteiger partial charge in [0.2, 0.25) is 0 Å². The highest BCUT2D eigenvalue weighted by Crippen LogP contribution is 2.33. The summed E-state index contributed by atoms with van der Waals surface area (Å²) in [5, 5.41) is 22.8. The SMILES string of the molecule is Cc1ccc(Oc2ccc3c(c2)CCC(CNCC(O)COc2ccccc2)O3)c(C(=O)O)c1. The van der Waals surface area contributed by atoms with E-state index in [2.05, 4.69) is 5.32 Å². The molecule has 34 heavy (non-hydrogen) atoms. The molecule has 0 aromatic heterocycles. The Labute approximate surface area is 198 Å². The molecule has 0 spiro atoms. The maximum absolute atomic E-state index is 11.5. The van der Waals surface area contributed by atoms with E-state index in [1.165, 1.54) is 0 Å². The number of hydrogen-bond donors (Lipinski definition) is 3. The summed E-state index contributed by atoms with van der Waals surface area (Å²) >= 11 is 0. The predicted molar refractivity (Wildman–Crippen MR) is 128 cm³/mol. The van der Waals surface area contributed by atoms with Crippen LogP contribution in [0.3, 0.4) is 0 Å². The molecule has 4 rings (SSSR count). The number of aliphatic hydroxyl groups excluding tert-OH is 1. The first-order valence-corrected chi connectivity index (χ1v) is 11.4. The predicted octanol–water partition coefficient (Wildman–Crippen LogP) is 4.21. The maximum atomic E-state index is 11.5. The normalized spacial score (nSPS) is 15.6. The summed E-state index contributed by atoms with van der Waals surface area (Å²) in [7, 11) is 0. The van der Waals surface area contributed by atoms with E-state index >= 15 is 0 Å². The van der Waals surface area contributed by atoms with Gasteiger partial charge in [0.25, 0.3) is 0 Å². The summed E-state index contributed by atoms with van der Waals surface area (Å²) in [5.41, 5.74) is 2.02. The molecule has 1 heterocycles. The standard InChI is InChI=1S/C27H29NO6/c1-18-7-11-26(24(13-18)27(30)31)33-22-10-12-25-19(14-22)8-9-23(34-25)16-28-15-20(29)17-32-21-5-3-2-4-6-21/h2-7,10-14,20,23,28-29H,8-9,15-17H2,1H3,(H,30,31). The van der Waals surface area contributed by atoms with E-state index in [4.69, 9.17) is 14.2 Å². The second-order valence-electron chi connectivity index (χ2n) is 8.39. The summed E-state index contributed by atoms with van der Waals surface area (Å²) < 4.78 is 17.5. The molecular weight excluding hydrogens is 434 g/mol. The Morgan fingerprint density at radius 2 is 1.94 bits per heavy atom. The molecule has 7 heteroatoms. The van der Waals surface area contributed by atoms with Crippen LogP contribution in [0, 0.1) is 6.92 Å². The van der Waals surface area contributed by atoms with E-state index < -0.39 is 12.1 Å². The van der Waals surface area contributed by atoms with Gasteiger partial charge < -0.3 is 29.7 Å². The van der Waals surface area contributed by atoms with E-state index in [0.29, 0.717) is 24.6 Å². The number of nitrogens with one attached hydrogen (secondary N) is 1. The van der Waals surface area contributed by atoms with Gasteiger partial charge in [-0.3, -0.25) is 0 Å². The minimum Gasteiger partial charge on any atom is -0.491 e. The molecule has 0 radical (unpaired) electrons. The number of hydrogen-bond acceptors (Lipinski definition) is 6. The summed E-state index contributed by atoms with van der Waals surface area (Å²) in [4.78, 5) is 11.5. The fourth-order valence-corrected chi connectivity index (χ4v) is 3.83. The number of aromatic carboxylic acids is 1. The Morgan fingerprint density at radius 3 is 2.74 bits per heavy atom. The van der Waals surface area contributed by atoms with E-state index in [1.54, 1.807) is 18.2 Å². The first kappa shape index (κ1) is 23.6. The topological polar surface area (TPSA) is 97.3 Å². The van der Waals surface area contributed by atoms with Gasteiger partial charge in [0, 0.05) is 13.1 Å². The first-order chi connectivity index (χ1) is 16.5. The molecule has 0 bridgehead atoms. The Bertz CT molecular complexity index is 1120. The van der Waals surface area contributed by atoms with Crippen LogP contribution < -0.4 is 19.5 Å². The lowest BCUT2D eigenvalue weighted by molar-refractivity contribution is 0.0694. The molecule has 1 aliphatic rings. The van der Waals surface area contributed by atoms with Crippen molar-refractivity contribution in [3.63, 3.8) is 0 Å². The molecule has 2 atom stereocenters. The zero-order chi connectivity index (χ0) is 23.9. The molecule has 1 aliphatic heterocycles. The third kappa shape index (κ3) is 6.27. The van der Waals surface area contributed by atoms with Crippen molar-refractivity contribution in [3.05, 3.63) is 83.4 Å². The summed E-state index contributed by atoms with van der Waals surface area (Å²) in [6.45, 7) is 3.09. The largest absolute Gasteiger partial charge is 0.491 e. The van der Waals surface area contributed by atoms with E-state index in [0.717, 1.165) is 35.5 Å². The Morgan fingerprint density at radius 1 is 1.12 bits per heavy atom. The second-order valence-corrected chi connectivity index (χ2v) is 8.39. The number of carboxylic acid groups (broad SMARTS) is 1. The van der Waals surface area contributed by atoms with Crippen LogP contribution in [0.15, 0.2) is 66.7 Å². The van der Waals surface area contributed by atoms with Crippen LogP contribution in [-0.4, -0.2) is 48.1 Å². The lowest BCUT2D eigenvalue weighted by Crippen LogP contribution is -2.39. The fraction of sp³-hybridized carbons (Fsp3) is 0.296. The molecule has 2 unspecified atom stereocenters. The number of ether oxygens (including phenoxy) is 3. The van der Waals surface area contributed by atoms with Gasteiger partial charge in [0.05, 0.1) is 0 Å². The van der Waals surface area contributed by atoms with Crippen LogP contribution in [0.1, 0.15) is 27.9 Å². The summed E-state index contributed by atoms with van der Waals surface area (Å²) in [6.07, 6.45) is 1.02. The van der Waals surface area contributed by atoms with E-state index in [9.17, 15) is 15.0 Å². The molecule has 0 fully saturated rings. The Kier molecular flexibility index (Phi) is 7.67. The molecule has 3 N–H and O–H groups in total. The van der Waals surface area contributed by atoms with Crippen LogP contribution in [0.4, 0.5) is 0 Å². The van der Waals surface area contributed by atoms with Crippen molar-refractivity contribution in [2.75, 3.05) is 19.7 Å². The summed E-state index contributed by atoms with van der Waals surface area (Å²) in [5.74, 6) is 1.39. The van der Waals surface area contributed by atoms with Gasteiger partial charge in [-0.1, -0.05) is 29.8 Å². The average Bonchev–Trinajstić information content (AvgIpc) is 2.84. The van der Waals surface area contributed by atoms with Crippen LogP contribution in [0.5, 0.6) is 23.0 Å². The average molecular weight is 464 g/mol. The van der Waals surface area contributed by atoms with Crippen molar-refractivity contribution < 1.29 is 29.2 Å². The Hall–Kier alpha value is -3.55.